The molecule has 0 radical (unpaired) electrons. The van der Waals surface area contributed by atoms with E-state index in [0.29, 0.717) is 31.7 Å². The van der Waals surface area contributed by atoms with Crippen molar-refractivity contribution in [2.45, 2.75) is 39.2 Å². The number of rotatable bonds is 4. The van der Waals surface area contributed by atoms with Crippen molar-refractivity contribution in [2.75, 3.05) is 44.2 Å². The van der Waals surface area contributed by atoms with Gasteiger partial charge >= 0.3 is 6.09 Å². The lowest BCUT2D eigenvalue weighted by molar-refractivity contribution is -0.385. The molecule has 2 heterocycles. The Morgan fingerprint density at radius 1 is 1.10 bits per heavy atom. The lowest BCUT2D eigenvalue weighted by Crippen LogP contribution is -2.50. The molecule has 0 N–H and O–H groups in total. The van der Waals surface area contributed by atoms with Crippen molar-refractivity contribution in [3.8, 4) is 0 Å². The predicted octanol–water partition coefficient (Wildman–Crippen LogP) is 3.72. The van der Waals surface area contributed by atoms with E-state index in [1.165, 1.54) is 0 Å². The zero-order valence-electron chi connectivity index (χ0n) is 17.5. The van der Waals surface area contributed by atoms with Gasteiger partial charge in [-0.2, -0.15) is 0 Å². The highest BCUT2D eigenvalue weighted by Gasteiger charge is 2.26. The van der Waals surface area contributed by atoms with Gasteiger partial charge in [0.05, 0.1) is 10.5 Å². The fraction of sp³-hybridized carbons (Fsp3) is 0.571. The SMILES string of the molecule is CC(C)(C)OC(=O)N1CCN(c2ccc([N+](=O)[O-])c(/C=C/N3CCCC3)c2)CC1. The maximum atomic E-state index is 12.2. The first-order valence-corrected chi connectivity index (χ1v) is 10.2. The van der Waals surface area contributed by atoms with E-state index in [4.69, 9.17) is 4.74 Å². The van der Waals surface area contributed by atoms with Gasteiger partial charge in [-0.15, -0.1) is 0 Å². The summed E-state index contributed by atoms with van der Waals surface area (Å²) < 4.78 is 5.44. The van der Waals surface area contributed by atoms with E-state index >= 15 is 0 Å². The topological polar surface area (TPSA) is 79.2 Å². The number of benzene rings is 1. The van der Waals surface area contributed by atoms with Crippen molar-refractivity contribution >= 4 is 23.5 Å². The fourth-order valence-electron chi connectivity index (χ4n) is 3.59. The Bertz CT molecular complexity index is 773. The van der Waals surface area contributed by atoms with Gasteiger partial charge in [0.2, 0.25) is 0 Å². The van der Waals surface area contributed by atoms with Crippen LogP contribution in [-0.4, -0.2) is 65.7 Å². The minimum absolute atomic E-state index is 0.108. The van der Waals surface area contributed by atoms with E-state index in [0.717, 1.165) is 31.6 Å². The van der Waals surface area contributed by atoms with Crippen molar-refractivity contribution in [3.05, 3.63) is 40.1 Å². The molecular formula is C21H30N4O4. The van der Waals surface area contributed by atoms with Crippen LogP contribution in [0.25, 0.3) is 6.08 Å². The Morgan fingerprint density at radius 2 is 1.76 bits per heavy atom. The van der Waals surface area contributed by atoms with Crippen LogP contribution in [0.2, 0.25) is 0 Å². The molecule has 3 rings (SSSR count). The molecule has 2 aliphatic rings. The summed E-state index contributed by atoms with van der Waals surface area (Å²) in [6.45, 7) is 10.0. The number of piperazine rings is 1. The lowest BCUT2D eigenvalue weighted by atomic mass is 10.1. The van der Waals surface area contributed by atoms with Gasteiger partial charge in [-0.05, 0) is 58.0 Å². The molecule has 1 amide bonds. The van der Waals surface area contributed by atoms with Gasteiger partial charge in [0, 0.05) is 51.0 Å². The van der Waals surface area contributed by atoms with Crippen molar-refractivity contribution in [1.82, 2.24) is 9.80 Å². The van der Waals surface area contributed by atoms with Crippen LogP contribution in [-0.2, 0) is 4.74 Å². The first-order chi connectivity index (χ1) is 13.7. The molecule has 1 aromatic rings. The second-order valence-corrected chi connectivity index (χ2v) is 8.51. The van der Waals surface area contributed by atoms with E-state index in [-0.39, 0.29) is 16.7 Å². The number of nitrogens with zero attached hydrogens (tertiary/aromatic N) is 4. The fourth-order valence-corrected chi connectivity index (χ4v) is 3.59. The average Bonchev–Trinajstić information content (AvgIpc) is 3.18. The number of nitro benzene ring substituents is 1. The van der Waals surface area contributed by atoms with Crippen LogP contribution in [0.3, 0.4) is 0 Å². The molecule has 2 saturated heterocycles. The highest BCUT2D eigenvalue weighted by molar-refractivity contribution is 5.70. The zero-order chi connectivity index (χ0) is 21.0. The van der Waals surface area contributed by atoms with Crippen LogP contribution < -0.4 is 4.90 Å². The van der Waals surface area contributed by atoms with Gasteiger partial charge in [0.15, 0.2) is 0 Å². The van der Waals surface area contributed by atoms with Gasteiger partial charge in [0.1, 0.15) is 5.60 Å². The van der Waals surface area contributed by atoms with Crippen LogP contribution in [0, 0.1) is 10.1 Å². The second-order valence-electron chi connectivity index (χ2n) is 8.51. The van der Waals surface area contributed by atoms with Gasteiger partial charge in [0.25, 0.3) is 5.69 Å². The largest absolute Gasteiger partial charge is 0.444 e. The summed E-state index contributed by atoms with van der Waals surface area (Å²) >= 11 is 0. The third-order valence-electron chi connectivity index (χ3n) is 5.11. The summed E-state index contributed by atoms with van der Waals surface area (Å²) in [5.74, 6) is 0. The van der Waals surface area contributed by atoms with Crippen molar-refractivity contribution in [2.24, 2.45) is 0 Å². The van der Waals surface area contributed by atoms with Crippen molar-refractivity contribution in [3.63, 3.8) is 0 Å². The smallest absolute Gasteiger partial charge is 0.410 e. The molecule has 1 aromatic carbocycles. The van der Waals surface area contributed by atoms with Crippen molar-refractivity contribution < 1.29 is 14.5 Å². The maximum Gasteiger partial charge on any atom is 0.410 e. The lowest BCUT2D eigenvalue weighted by Gasteiger charge is -2.36. The van der Waals surface area contributed by atoms with Crippen LogP contribution in [0.1, 0.15) is 39.2 Å². The molecule has 0 unspecified atom stereocenters. The Kier molecular flexibility index (Phi) is 6.30. The number of hydrogen-bond acceptors (Lipinski definition) is 6. The van der Waals surface area contributed by atoms with E-state index in [9.17, 15) is 14.9 Å². The third kappa shape index (κ3) is 5.62. The molecule has 0 atom stereocenters. The van der Waals surface area contributed by atoms with Gasteiger partial charge < -0.3 is 19.4 Å². The molecule has 0 bridgehead atoms. The molecule has 0 aliphatic carbocycles. The molecule has 158 valence electrons. The van der Waals surface area contributed by atoms with E-state index in [1.54, 1.807) is 17.0 Å². The Labute approximate surface area is 171 Å². The first kappa shape index (κ1) is 21.0. The Morgan fingerprint density at radius 3 is 2.34 bits per heavy atom. The minimum Gasteiger partial charge on any atom is -0.444 e. The molecular weight excluding hydrogens is 372 g/mol. The molecule has 29 heavy (non-hydrogen) atoms. The third-order valence-corrected chi connectivity index (χ3v) is 5.11. The van der Waals surface area contributed by atoms with E-state index < -0.39 is 5.60 Å². The first-order valence-electron chi connectivity index (χ1n) is 10.2. The van der Waals surface area contributed by atoms with Crippen LogP contribution in [0.15, 0.2) is 24.4 Å². The molecule has 0 spiro atoms. The van der Waals surface area contributed by atoms with Crippen LogP contribution in [0.4, 0.5) is 16.2 Å². The number of carbonyl (C=O) groups is 1. The van der Waals surface area contributed by atoms with Gasteiger partial charge in [-0.25, -0.2) is 4.79 Å². The standard InChI is InChI=1S/C21H30N4O4/c1-21(2,3)29-20(26)24-14-12-23(13-15-24)18-6-7-19(25(27)28)17(16-18)8-11-22-9-4-5-10-22/h6-8,11,16H,4-5,9-10,12-15H2,1-3H3/b11-8+. The van der Waals surface area contributed by atoms with E-state index in [1.807, 2.05) is 39.1 Å². The van der Waals surface area contributed by atoms with E-state index in [2.05, 4.69) is 9.80 Å². The molecule has 0 saturated carbocycles. The van der Waals surface area contributed by atoms with Crippen LogP contribution >= 0.6 is 0 Å². The highest BCUT2D eigenvalue weighted by atomic mass is 16.6. The normalized spacial score (nSPS) is 17.8. The zero-order valence-corrected chi connectivity index (χ0v) is 17.5. The number of amides is 1. The minimum atomic E-state index is -0.511. The van der Waals surface area contributed by atoms with Gasteiger partial charge in [-0.3, -0.25) is 10.1 Å². The molecule has 0 aromatic heterocycles. The summed E-state index contributed by atoms with van der Waals surface area (Å²) in [6, 6.07) is 5.22. The van der Waals surface area contributed by atoms with Gasteiger partial charge in [-0.1, -0.05) is 0 Å². The maximum absolute atomic E-state index is 12.2. The molecule has 2 aliphatic heterocycles. The average molecular weight is 402 g/mol. The molecule has 8 nitrogen and oxygen atoms in total. The highest BCUT2D eigenvalue weighted by Crippen LogP contribution is 2.27. The molecule has 8 heteroatoms. The summed E-state index contributed by atoms with van der Waals surface area (Å²) in [5, 5.41) is 11.4. The van der Waals surface area contributed by atoms with Crippen LogP contribution in [0.5, 0.6) is 0 Å². The number of anilines is 1. The Hall–Kier alpha value is -2.77. The number of carbonyl (C=O) groups excluding carboxylic acids is 1. The predicted molar refractivity (Wildman–Crippen MR) is 113 cm³/mol. The number of ether oxygens (including phenoxy) is 1. The Balaban J connectivity index is 1.68. The summed E-state index contributed by atoms with van der Waals surface area (Å²) in [5.41, 5.74) is 1.13. The van der Waals surface area contributed by atoms with Crippen molar-refractivity contribution in [1.29, 1.82) is 0 Å². The number of likely N-dealkylation sites (tertiary alicyclic amines) is 1. The summed E-state index contributed by atoms with van der Waals surface area (Å²) in [4.78, 5) is 29.4. The molecule has 2 fully saturated rings. The monoisotopic (exact) mass is 402 g/mol. The quantitative estimate of drug-likeness (QED) is 0.564. The number of nitro groups is 1. The summed E-state index contributed by atoms with van der Waals surface area (Å²) in [6.07, 6.45) is 5.82. The number of hydrogen-bond donors (Lipinski definition) is 0. The second kappa shape index (κ2) is 8.71. The summed E-state index contributed by atoms with van der Waals surface area (Å²) in [7, 11) is 0.